The maximum atomic E-state index is 9.18. The zero-order valence-corrected chi connectivity index (χ0v) is 11.4. The van der Waals surface area contributed by atoms with Crippen LogP contribution in [0.3, 0.4) is 0 Å². The van der Waals surface area contributed by atoms with Crippen LogP contribution in [0.5, 0.6) is 0 Å². The van der Waals surface area contributed by atoms with Gasteiger partial charge in [0.2, 0.25) is 0 Å². The number of nitrogens with one attached hydrogen (secondary N) is 1. The summed E-state index contributed by atoms with van der Waals surface area (Å²) in [6.07, 6.45) is 4.61. The van der Waals surface area contributed by atoms with Crippen LogP contribution in [0.4, 0.5) is 5.69 Å². The van der Waals surface area contributed by atoms with E-state index in [2.05, 4.69) is 26.7 Å². The van der Waals surface area contributed by atoms with Crippen molar-refractivity contribution in [3.63, 3.8) is 0 Å². The number of benzene rings is 1. The zero-order valence-electron chi connectivity index (χ0n) is 11.4. The number of aromatic nitrogens is 4. The molecule has 0 amide bonds. The Morgan fingerprint density at radius 3 is 2.90 bits per heavy atom. The van der Waals surface area contributed by atoms with Crippen LogP contribution in [0, 0.1) is 11.3 Å². The van der Waals surface area contributed by atoms with Gasteiger partial charge in [0, 0.05) is 30.9 Å². The summed E-state index contributed by atoms with van der Waals surface area (Å²) in [6.45, 7) is 1.57. The lowest BCUT2D eigenvalue weighted by molar-refractivity contribution is 0.592. The third-order valence-electron chi connectivity index (χ3n) is 3.20. The van der Waals surface area contributed by atoms with E-state index in [4.69, 9.17) is 0 Å². The van der Waals surface area contributed by atoms with Gasteiger partial charge in [0.15, 0.2) is 5.69 Å². The monoisotopic (exact) mass is 278 g/mol. The molecule has 0 saturated heterocycles. The van der Waals surface area contributed by atoms with Crippen molar-refractivity contribution >= 4 is 16.6 Å². The molecule has 2 aromatic heterocycles. The molecule has 21 heavy (non-hydrogen) atoms. The lowest BCUT2D eigenvalue weighted by atomic mass is 10.1. The van der Waals surface area contributed by atoms with Crippen molar-refractivity contribution < 1.29 is 0 Å². The van der Waals surface area contributed by atoms with Gasteiger partial charge in [-0.15, -0.1) is 10.2 Å². The molecule has 1 aromatic carbocycles. The number of nitrogens with zero attached hydrogens (tertiary/aromatic N) is 5. The normalized spacial score (nSPS) is 10.4. The molecule has 0 saturated carbocycles. The topological polar surface area (TPSA) is 79.4 Å². The Hall–Kier alpha value is -2.94. The van der Waals surface area contributed by atoms with Crippen molar-refractivity contribution in [1.82, 2.24) is 20.0 Å². The quantitative estimate of drug-likeness (QED) is 0.724. The first-order valence-electron chi connectivity index (χ1n) is 6.75. The maximum absolute atomic E-state index is 9.18. The van der Waals surface area contributed by atoms with Crippen LogP contribution in [-0.4, -0.2) is 26.5 Å². The summed E-state index contributed by atoms with van der Waals surface area (Å²) in [5.41, 5.74) is 1.86. The minimum atomic E-state index is 0.327. The Bertz CT molecular complexity index is 772. The Balaban J connectivity index is 1.74. The van der Waals surface area contributed by atoms with Gasteiger partial charge >= 0.3 is 0 Å². The lowest BCUT2D eigenvalue weighted by Gasteiger charge is -2.10. The molecule has 6 heteroatoms. The van der Waals surface area contributed by atoms with E-state index in [-0.39, 0.29) is 0 Å². The molecule has 3 aromatic rings. The standard InChI is InChI=1S/C15H14N6/c16-11-14-15(12-5-1-2-6-13(12)19-20-14)17-7-3-9-21-10-4-8-18-21/h1-2,4-6,8,10H,3,7,9H2,(H,17,19). The highest BCUT2D eigenvalue weighted by atomic mass is 15.3. The van der Waals surface area contributed by atoms with Crippen molar-refractivity contribution in [1.29, 1.82) is 5.26 Å². The fourth-order valence-corrected chi connectivity index (χ4v) is 2.20. The predicted molar refractivity (Wildman–Crippen MR) is 79.6 cm³/mol. The number of hydrogen-bond donors (Lipinski definition) is 1. The van der Waals surface area contributed by atoms with Gasteiger partial charge in [0.1, 0.15) is 6.07 Å². The first-order valence-corrected chi connectivity index (χ1v) is 6.75. The minimum absolute atomic E-state index is 0.327. The van der Waals surface area contributed by atoms with Gasteiger partial charge in [-0.2, -0.15) is 10.4 Å². The molecule has 0 fully saturated rings. The van der Waals surface area contributed by atoms with Gasteiger partial charge in [-0.05, 0) is 18.6 Å². The Labute approximate surface area is 122 Å². The van der Waals surface area contributed by atoms with Crippen molar-refractivity contribution in [3.8, 4) is 6.07 Å². The summed E-state index contributed by atoms with van der Waals surface area (Å²) < 4.78 is 1.88. The lowest BCUT2D eigenvalue weighted by Crippen LogP contribution is -2.09. The average Bonchev–Trinajstić information content (AvgIpc) is 3.04. The van der Waals surface area contributed by atoms with Gasteiger partial charge in [0.05, 0.1) is 11.2 Å². The molecule has 0 aliphatic heterocycles. The van der Waals surface area contributed by atoms with E-state index in [0.29, 0.717) is 5.69 Å². The Kier molecular flexibility index (Phi) is 3.74. The molecule has 3 rings (SSSR count). The number of rotatable bonds is 5. The molecular weight excluding hydrogens is 264 g/mol. The Morgan fingerprint density at radius 2 is 2.10 bits per heavy atom. The number of nitriles is 1. The smallest absolute Gasteiger partial charge is 0.186 e. The largest absolute Gasteiger partial charge is 0.382 e. The molecule has 0 spiro atoms. The highest BCUT2D eigenvalue weighted by Crippen LogP contribution is 2.23. The summed E-state index contributed by atoms with van der Waals surface area (Å²) in [7, 11) is 0. The van der Waals surface area contributed by atoms with E-state index < -0.39 is 0 Å². The zero-order chi connectivity index (χ0) is 14.5. The molecular formula is C15H14N6. The minimum Gasteiger partial charge on any atom is -0.382 e. The molecule has 0 aliphatic rings. The van der Waals surface area contributed by atoms with E-state index in [1.165, 1.54) is 0 Å². The number of fused-ring (bicyclic) bond motifs is 1. The van der Waals surface area contributed by atoms with Crippen molar-refractivity contribution in [2.75, 3.05) is 11.9 Å². The predicted octanol–water partition coefficient (Wildman–Crippen LogP) is 2.20. The van der Waals surface area contributed by atoms with Crippen molar-refractivity contribution in [2.45, 2.75) is 13.0 Å². The average molecular weight is 278 g/mol. The molecule has 0 aliphatic carbocycles. The Morgan fingerprint density at radius 1 is 1.19 bits per heavy atom. The van der Waals surface area contributed by atoms with Crippen LogP contribution in [0.2, 0.25) is 0 Å². The van der Waals surface area contributed by atoms with E-state index in [1.54, 1.807) is 6.20 Å². The first kappa shape index (κ1) is 13.1. The molecule has 6 nitrogen and oxygen atoms in total. The second-order valence-electron chi connectivity index (χ2n) is 4.60. The van der Waals surface area contributed by atoms with Crippen LogP contribution in [0.1, 0.15) is 12.1 Å². The maximum Gasteiger partial charge on any atom is 0.186 e. The number of hydrogen-bond acceptors (Lipinski definition) is 5. The molecule has 104 valence electrons. The van der Waals surface area contributed by atoms with Gasteiger partial charge in [-0.1, -0.05) is 18.2 Å². The molecule has 0 atom stereocenters. The molecule has 0 bridgehead atoms. The van der Waals surface area contributed by atoms with Crippen LogP contribution in [0.25, 0.3) is 10.9 Å². The second kappa shape index (κ2) is 6.01. The summed E-state index contributed by atoms with van der Waals surface area (Å²) >= 11 is 0. The summed E-state index contributed by atoms with van der Waals surface area (Å²) in [6, 6.07) is 11.7. The molecule has 1 N–H and O–H groups in total. The van der Waals surface area contributed by atoms with Gasteiger partial charge < -0.3 is 5.32 Å². The van der Waals surface area contributed by atoms with Crippen LogP contribution in [0.15, 0.2) is 42.7 Å². The number of aryl methyl sites for hydroxylation is 1. The SMILES string of the molecule is N#Cc1nnc2ccccc2c1NCCCn1cccn1. The number of anilines is 1. The van der Waals surface area contributed by atoms with Crippen LogP contribution < -0.4 is 5.32 Å². The molecule has 2 heterocycles. The van der Waals surface area contributed by atoms with Gasteiger partial charge in [-0.25, -0.2) is 0 Å². The third kappa shape index (κ3) is 2.82. The second-order valence-corrected chi connectivity index (χ2v) is 4.60. The molecule has 0 radical (unpaired) electrons. The fourth-order valence-electron chi connectivity index (χ4n) is 2.20. The van der Waals surface area contributed by atoms with Crippen LogP contribution >= 0.6 is 0 Å². The van der Waals surface area contributed by atoms with E-state index in [9.17, 15) is 5.26 Å². The van der Waals surface area contributed by atoms with Crippen molar-refractivity contribution in [3.05, 3.63) is 48.4 Å². The van der Waals surface area contributed by atoms with E-state index in [1.807, 2.05) is 41.2 Å². The van der Waals surface area contributed by atoms with Gasteiger partial charge in [-0.3, -0.25) is 4.68 Å². The highest BCUT2D eigenvalue weighted by molar-refractivity contribution is 5.92. The summed E-state index contributed by atoms with van der Waals surface area (Å²) in [5.74, 6) is 0. The van der Waals surface area contributed by atoms with E-state index >= 15 is 0 Å². The fraction of sp³-hybridized carbons (Fsp3) is 0.200. The highest BCUT2D eigenvalue weighted by Gasteiger charge is 2.09. The summed E-state index contributed by atoms with van der Waals surface area (Å²) in [4.78, 5) is 0. The van der Waals surface area contributed by atoms with Crippen molar-refractivity contribution in [2.24, 2.45) is 0 Å². The molecule has 0 unspecified atom stereocenters. The third-order valence-corrected chi connectivity index (χ3v) is 3.20. The van der Waals surface area contributed by atoms with E-state index in [0.717, 1.165) is 36.1 Å². The van der Waals surface area contributed by atoms with Gasteiger partial charge in [0.25, 0.3) is 0 Å². The van der Waals surface area contributed by atoms with Crippen LogP contribution in [-0.2, 0) is 6.54 Å². The summed E-state index contributed by atoms with van der Waals surface area (Å²) in [5, 5.41) is 25.6. The first-order chi connectivity index (χ1) is 10.4.